The Labute approximate surface area is 217 Å². The summed E-state index contributed by atoms with van der Waals surface area (Å²) < 4.78 is 2.20. The van der Waals surface area contributed by atoms with Crippen molar-refractivity contribution in [2.24, 2.45) is 0 Å². The molecule has 3 aromatic rings. The lowest BCUT2D eigenvalue weighted by molar-refractivity contribution is -0.119. The van der Waals surface area contributed by atoms with Crippen LogP contribution in [0.4, 0.5) is 17.5 Å². The fourth-order valence-electron chi connectivity index (χ4n) is 6.26. The molecule has 196 valence electrons. The van der Waals surface area contributed by atoms with Crippen LogP contribution in [0.5, 0.6) is 0 Å². The molecule has 3 atom stereocenters. The van der Waals surface area contributed by atoms with Crippen LogP contribution in [0.1, 0.15) is 62.9 Å². The lowest BCUT2D eigenvalue weighted by Gasteiger charge is -2.25. The van der Waals surface area contributed by atoms with Gasteiger partial charge in [-0.1, -0.05) is 12.8 Å². The maximum Gasteiger partial charge on any atom is 0.230 e. The quantitative estimate of drug-likeness (QED) is 0.492. The molecule has 1 aliphatic carbocycles. The number of carbonyl (C=O) groups is 1. The van der Waals surface area contributed by atoms with Gasteiger partial charge in [-0.3, -0.25) is 14.6 Å². The highest BCUT2D eigenvalue weighted by Gasteiger charge is 2.38. The molecule has 3 aliphatic rings. The molecular formula is C27H36N8O2. The van der Waals surface area contributed by atoms with Crippen molar-refractivity contribution in [2.75, 3.05) is 37.9 Å². The number of rotatable bonds is 6. The smallest absolute Gasteiger partial charge is 0.230 e. The number of nitrogens with one attached hydrogen (secondary N) is 1. The minimum absolute atomic E-state index is 0.165. The van der Waals surface area contributed by atoms with E-state index in [9.17, 15) is 9.90 Å². The van der Waals surface area contributed by atoms with Crippen molar-refractivity contribution in [3.8, 4) is 0 Å². The van der Waals surface area contributed by atoms with Crippen molar-refractivity contribution in [3.05, 3.63) is 36.3 Å². The molecule has 2 saturated heterocycles. The van der Waals surface area contributed by atoms with Crippen molar-refractivity contribution in [3.63, 3.8) is 0 Å². The van der Waals surface area contributed by atoms with Gasteiger partial charge in [-0.2, -0.15) is 4.98 Å². The van der Waals surface area contributed by atoms with Gasteiger partial charge in [-0.25, -0.2) is 9.97 Å². The van der Waals surface area contributed by atoms with Crippen molar-refractivity contribution in [1.82, 2.24) is 29.3 Å². The SMILES string of the molecule is CN(C)C(O)c1cc2cnc(Nc3ccc(N4C[C@H]5CC[C@@H](CC4=O)N5C)cn3)nc2n1C1CCCC1. The molecule has 1 saturated carbocycles. The highest BCUT2D eigenvalue weighted by molar-refractivity contribution is 5.94. The number of likely N-dealkylation sites (N-methyl/N-ethyl adjacent to an activating group) is 1. The third-order valence-electron chi connectivity index (χ3n) is 8.44. The molecule has 37 heavy (non-hydrogen) atoms. The van der Waals surface area contributed by atoms with Crippen LogP contribution in [-0.2, 0) is 4.79 Å². The number of carbonyl (C=O) groups excluding carboxylic acids is 1. The first kappa shape index (κ1) is 24.3. The van der Waals surface area contributed by atoms with Gasteiger partial charge in [-0.15, -0.1) is 0 Å². The summed E-state index contributed by atoms with van der Waals surface area (Å²) in [6.07, 6.45) is 10.2. The third kappa shape index (κ3) is 4.47. The molecule has 1 unspecified atom stereocenters. The summed E-state index contributed by atoms with van der Waals surface area (Å²) in [5.41, 5.74) is 2.50. The lowest BCUT2D eigenvalue weighted by atomic mass is 10.1. The maximum absolute atomic E-state index is 12.9. The van der Waals surface area contributed by atoms with Crippen LogP contribution < -0.4 is 10.2 Å². The molecule has 2 aliphatic heterocycles. The predicted octanol–water partition coefficient (Wildman–Crippen LogP) is 3.44. The van der Waals surface area contributed by atoms with Gasteiger partial charge in [0.15, 0.2) is 0 Å². The number of hydrogen-bond donors (Lipinski definition) is 2. The number of amides is 1. The Morgan fingerprint density at radius 3 is 2.57 bits per heavy atom. The second kappa shape index (κ2) is 9.66. The zero-order chi connectivity index (χ0) is 25.7. The van der Waals surface area contributed by atoms with Gasteiger partial charge in [-0.05, 0) is 65.0 Å². The van der Waals surface area contributed by atoms with E-state index in [0.29, 0.717) is 42.9 Å². The molecular weight excluding hydrogens is 468 g/mol. The molecule has 0 spiro atoms. The van der Waals surface area contributed by atoms with E-state index >= 15 is 0 Å². The second-order valence-electron chi connectivity index (χ2n) is 11.0. The van der Waals surface area contributed by atoms with Gasteiger partial charge in [0.1, 0.15) is 17.7 Å². The van der Waals surface area contributed by atoms with Crippen molar-refractivity contribution in [1.29, 1.82) is 0 Å². The summed E-state index contributed by atoms with van der Waals surface area (Å²) in [4.78, 5) is 32.9. The van der Waals surface area contributed by atoms with Gasteiger partial charge in [0.25, 0.3) is 0 Å². The van der Waals surface area contributed by atoms with Crippen molar-refractivity contribution >= 4 is 34.4 Å². The first-order chi connectivity index (χ1) is 17.9. The monoisotopic (exact) mass is 504 g/mol. The van der Waals surface area contributed by atoms with Crippen LogP contribution in [0.3, 0.4) is 0 Å². The Morgan fingerprint density at radius 2 is 1.84 bits per heavy atom. The molecule has 2 N–H and O–H groups in total. The molecule has 0 aromatic carbocycles. The number of aliphatic hydroxyl groups excluding tert-OH is 1. The Balaban J connectivity index is 1.25. The number of fused-ring (bicyclic) bond motifs is 3. The van der Waals surface area contributed by atoms with Crippen LogP contribution in [0.25, 0.3) is 11.0 Å². The summed E-state index contributed by atoms with van der Waals surface area (Å²) >= 11 is 0. The zero-order valence-electron chi connectivity index (χ0n) is 21.8. The van der Waals surface area contributed by atoms with E-state index in [2.05, 4.69) is 31.8 Å². The molecule has 6 rings (SSSR count). The van der Waals surface area contributed by atoms with E-state index in [1.165, 1.54) is 12.8 Å². The van der Waals surface area contributed by atoms with Crippen LogP contribution >= 0.6 is 0 Å². The minimum atomic E-state index is -0.711. The van der Waals surface area contributed by atoms with Gasteiger partial charge in [0.05, 0.1) is 17.6 Å². The molecule has 10 nitrogen and oxygen atoms in total. The van der Waals surface area contributed by atoms with E-state index in [1.54, 1.807) is 17.3 Å². The number of aromatic nitrogens is 4. The van der Waals surface area contributed by atoms with Gasteiger partial charge in [0.2, 0.25) is 11.9 Å². The normalized spacial score (nSPS) is 23.8. The van der Waals surface area contributed by atoms with E-state index in [1.807, 2.05) is 37.2 Å². The molecule has 0 radical (unpaired) electrons. The standard InChI is InChI=1S/C27H36N8O2/c1-32(2)26(37)22-12-17-14-29-27(31-25(17)35(22)18-6-4-5-7-18)30-23-11-10-20(15-28-23)34-16-21-9-8-19(33(21)3)13-24(34)36/h10-12,14-15,18-19,21,26,37H,4-9,13,16H2,1-3H3,(H,28,29,30,31)/t19-,21+,26?/m0/s1. The fraction of sp³-hybridized carbons (Fsp3) is 0.556. The molecule has 1 amide bonds. The highest BCUT2D eigenvalue weighted by atomic mass is 16.3. The van der Waals surface area contributed by atoms with Crippen LogP contribution in [0.2, 0.25) is 0 Å². The lowest BCUT2D eigenvalue weighted by Crippen LogP contribution is -2.38. The highest BCUT2D eigenvalue weighted by Crippen LogP contribution is 2.37. The Hall–Kier alpha value is -3.08. The van der Waals surface area contributed by atoms with Crippen molar-refractivity contribution in [2.45, 2.75) is 69.3 Å². The van der Waals surface area contributed by atoms with Crippen LogP contribution in [0.15, 0.2) is 30.6 Å². The second-order valence-corrected chi connectivity index (χ2v) is 11.0. The molecule has 5 heterocycles. The average Bonchev–Trinajstić information content (AvgIpc) is 3.60. The Morgan fingerprint density at radius 1 is 1.05 bits per heavy atom. The zero-order valence-corrected chi connectivity index (χ0v) is 21.8. The average molecular weight is 505 g/mol. The number of nitrogens with zero attached hydrogens (tertiary/aromatic N) is 7. The predicted molar refractivity (Wildman–Crippen MR) is 143 cm³/mol. The van der Waals surface area contributed by atoms with E-state index in [-0.39, 0.29) is 5.91 Å². The van der Waals surface area contributed by atoms with Gasteiger partial charge < -0.3 is 19.9 Å². The Kier molecular flexibility index (Phi) is 6.34. The molecule has 10 heteroatoms. The summed E-state index contributed by atoms with van der Waals surface area (Å²) in [5, 5.41) is 15.0. The topological polar surface area (TPSA) is 103 Å². The van der Waals surface area contributed by atoms with Crippen LogP contribution in [-0.4, -0.2) is 80.1 Å². The van der Waals surface area contributed by atoms with Crippen molar-refractivity contribution < 1.29 is 9.90 Å². The minimum Gasteiger partial charge on any atom is -0.373 e. The largest absolute Gasteiger partial charge is 0.373 e. The third-order valence-corrected chi connectivity index (χ3v) is 8.44. The first-order valence-corrected chi connectivity index (χ1v) is 13.4. The maximum atomic E-state index is 12.9. The Bertz CT molecular complexity index is 1280. The summed E-state index contributed by atoms with van der Waals surface area (Å²) in [7, 11) is 5.88. The van der Waals surface area contributed by atoms with Gasteiger partial charge in [0, 0.05) is 42.7 Å². The first-order valence-electron chi connectivity index (χ1n) is 13.4. The summed E-state index contributed by atoms with van der Waals surface area (Å²) in [6.45, 7) is 0.708. The number of pyridine rings is 1. The molecule has 3 aromatic heterocycles. The summed E-state index contributed by atoms with van der Waals surface area (Å²) in [5.74, 6) is 1.25. The number of hydrogen-bond acceptors (Lipinski definition) is 8. The molecule has 2 bridgehead atoms. The van der Waals surface area contributed by atoms with E-state index in [4.69, 9.17) is 4.98 Å². The number of aliphatic hydroxyl groups is 1. The molecule has 3 fully saturated rings. The van der Waals surface area contributed by atoms with E-state index < -0.39 is 6.23 Å². The van der Waals surface area contributed by atoms with Crippen LogP contribution in [0, 0.1) is 0 Å². The number of anilines is 3. The fourth-order valence-corrected chi connectivity index (χ4v) is 6.26. The van der Waals surface area contributed by atoms with E-state index in [0.717, 1.165) is 48.1 Å². The van der Waals surface area contributed by atoms with Gasteiger partial charge >= 0.3 is 0 Å². The summed E-state index contributed by atoms with van der Waals surface area (Å²) in [6, 6.07) is 6.89.